The van der Waals surface area contributed by atoms with Gasteiger partial charge in [0, 0.05) is 12.6 Å². The van der Waals surface area contributed by atoms with E-state index in [-0.39, 0.29) is 16.2 Å². The van der Waals surface area contributed by atoms with Crippen LogP contribution in [0.25, 0.3) is 0 Å². The fraction of sp³-hybridized carbons (Fsp3) is 0.333. The predicted octanol–water partition coefficient (Wildman–Crippen LogP) is 1.86. The second kappa shape index (κ2) is 7.09. The van der Waals surface area contributed by atoms with Gasteiger partial charge in [0.05, 0.1) is 21.7 Å². The van der Waals surface area contributed by atoms with E-state index in [1.807, 2.05) is 30.3 Å². The van der Waals surface area contributed by atoms with Gasteiger partial charge < -0.3 is 5.32 Å². The van der Waals surface area contributed by atoms with E-state index in [1.54, 1.807) is 0 Å². The number of sulfone groups is 2. The highest BCUT2D eigenvalue weighted by molar-refractivity contribution is 7.96. The van der Waals surface area contributed by atoms with Crippen molar-refractivity contribution in [3.63, 3.8) is 0 Å². The van der Waals surface area contributed by atoms with Crippen LogP contribution in [0, 0.1) is 12.7 Å². The molecule has 0 radical (unpaired) electrons. The van der Waals surface area contributed by atoms with Crippen molar-refractivity contribution >= 4 is 19.7 Å². The van der Waals surface area contributed by atoms with E-state index in [0.717, 1.165) is 17.7 Å². The lowest BCUT2D eigenvalue weighted by Gasteiger charge is -2.21. The van der Waals surface area contributed by atoms with Crippen molar-refractivity contribution in [2.24, 2.45) is 0 Å². The first-order valence-corrected chi connectivity index (χ1v) is 11.5. The first kappa shape index (κ1) is 19.0. The number of hydrogen-bond donors (Lipinski definition) is 1. The third-order valence-corrected chi connectivity index (χ3v) is 8.86. The third-order valence-electron chi connectivity index (χ3n) is 4.55. The summed E-state index contributed by atoms with van der Waals surface area (Å²) in [7, 11) is -7.40. The summed E-state index contributed by atoms with van der Waals surface area (Å²) in [5.41, 5.74) is 1.21. The summed E-state index contributed by atoms with van der Waals surface area (Å²) < 4.78 is 63.6. The van der Waals surface area contributed by atoms with Gasteiger partial charge in [-0.15, -0.1) is 0 Å². The maximum Gasteiger partial charge on any atom is 0.184 e. The van der Waals surface area contributed by atoms with E-state index in [2.05, 4.69) is 5.32 Å². The Bertz CT molecular complexity index is 1000. The van der Waals surface area contributed by atoms with Gasteiger partial charge >= 0.3 is 0 Å². The molecule has 1 saturated heterocycles. The van der Waals surface area contributed by atoms with Gasteiger partial charge in [-0.2, -0.15) is 0 Å². The molecule has 0 bridgehead atoms. The molecule has 1 fully saturated rings. The molecular weight excluding hydrogens is 377 g/mol. The predicted molar refractivity (Wildman–Crippen MR) is 97.8 cm³/mol. The molecular formula is C18H20FNO4S2. The van der Waals surface area contributed by atoms with Crippen molar-refractivity contribution in [3.8, 4) is 0 Å². The fourth-order valence-electron chi connectivity index (χ4n) is 3.25. The lowest BCUT2D eigenvalue weighted by molar-refractivity contribution is 0.525. The Balaban J connectivity index is 1.89. The molecule has 2 atom stereocenters. The summed E-state index contributed by atoms with van der Waals surface area (Å²) in [5.74, 6) is -1.19. The van der Waals surface area contributed by atoms with Gasteiger partial charge in [0.25, 0.3) is 0 Å². The van der Waals surface area contributed by atoms with E-state index in [9.17, 15) is 21.2 Å². The maximum atomic E-state index is 13.3. The molecule has 0 unspecified atom stereocenters. The molecule has 3 rings (SSSR count). The van der Waals surface area contributed by atoms with Crippen LogP contribution in [-0.2, 0) is 26.2 Å². The lowest BCUT2D eigenvalue weighted by atomic mass is 10.2. The number of nitrogens with one attached hydrogen (secondary N) is 1. The Morgan fingerprint density at radius 2 is 1.81 bits per heavy atom. The smallest absolute Gasteiger partial charge is 0.184 e. The molecule has 26 heavy (non-hydrogen) atoms. The minimum absolute atomic E-state index is 0.0208. The van der Waals surface area contributed by atoms with E-state index in [1.165, 1.54) is 13.0 Å². The summed E-state index contributed by atoms with van der Waals surface area (Å²) in [6, 6.07) is 12.1. The highest BCUT2D eigenvalue weighted by Gasteiger charge is 2.46. The van der Waals surface area contributed by atoms with Gasteiger partial charge in [0.15, 0.2) is 19.7 Å². The second-order valence-electron chi connectivity index (χ2n) is 6.54. The SMILES string of the molecule is Cc1cc(F)ccc1S(=O)(=O)[C@H]1CS(=O)(=O)C[C@@H]1NCc1ccccc1. The fourth-order valence-corrected chi connectivity index (χ4v) is 8.19. The van der Waals surface area contributed by atoms with Crippen molar-refractivity contribution in [3.05, 3.63) is 65.5 Å². The summed E-state index contributed by atoms with van der Waals surface area (Å²) in [5, 5.41) is 1.98. The van der Waals surface area contributed by atoms with Crippen molar-refractivity contribution in [1.29, 1.82) is 0 Å². The molecule has 0 aliphatic carbocycles. The minimum atomic E-state index is -3.92. The van der Waals surface area contributed by atoms with Crippen LogP contribution in [0.15, 0.2) is 53.4 Å². The van der Waals surface area contributed by atoms with Crippen molar-refractivity contribution in [2.75, 3.05) is 11.5 Å². The van der Waals surface area contributed by atoms with Gasteiger partial charge in [0.1, 0.15) is 5.82 Å². The average Bonchev–Trinajstić information content (AvgIpc) is 2.89. The molecule has 2 aromatic carbocycles. The molecule has 0 saturated carbocycles. The monoisotopic (exact) mass is 397 g/mol. The van der Waals surface area contributed by atoms with E-state index >= 15 is 0 Å². The molecule has 1 aliphatic heterocycles. The van der Waals surface area contributed by atoms with Crippen LogP contribution >= 0.6 is 0 Å². The van der Waals surface area contributed by atoms with Crippen molar-refractivity contribution in [1.82, 2.24) is 5.32 Å². The van der Waals surface area contributed by atoms with Crippen LogP contribution in [0.1, 0.15) is 11.1 Å². The zero-order valence-corrected chi connectivity index (χ0v) is 15.9. The zero-order chi connectivity index (χ0) is 18.9. The molecule has 5 nitrogen and oxygen atoms in total. The van der Waals surface area contributed by atoms with Gasteiger partial charge in [-0.3, -0.25) is 0 Å². The molecule has 2 aromatic rings. The molecule has 0 amide bonds. The van der Waals surface area contributed by atoms with Crippen LogP contribution in [0.4, 0.5) is 4.39 Å². The Labute approximate surface area is 153 Å². The standard InChI is InChI=1S/C18H20FNO4S2/c1-13-9-15(19)7-8-17(13)26(23,24)18-12-25(21,22)11-16(18)20-10-14-5-3-2-4-6-14/h2-9,16,18,20H,10-12H2,1H3/t16-,18-/m0/s1. The van der Waals surface area contributed by atoms with Gasteiger partial charge in [-0.25, -0.2) is 21.2 Å². The maximum absolute atomic E-state index is 13.3. The van der Waals surface area contributed by atoms with Crippen LogP contribution in [0.3, 0.4) is 0 Å². The Kier molecular flexibility index (Phi) is 5.18. The van der Waals surface area contributed by atoms with Crippen LogP contribution in [0.2, 0.25) is 0 Å². The third kappa shape index (κ3) is 3.97. The summed E-state index contributed by atoms with van der Waals surface area (Å²) in [6.07, 6.45) is 0. The van der Waals surface area contributed by atoms with Crippen molar-refractivity contribution in [2.45, 2.75) is 29.7 Å². The Morgan fingerprint density at radius 1 is 1.12 bits per heavy atom. The van der Waals surface area contributed by atoms with Gasteiger partial charge in [-0.1, -0.05) is 30.3 Å². The largest absolute Gasteiger partial charge is 0.308 e. The summed E-state index contributed by atoms with van der Waals surface area (Å²) in [4.78, 5) is -0.0208. The topological polar surface area (TPSA) is 80.3 Å². The molecule has 0 spiro atoms. The Hall–Kier alpha value is -1.77. The van der Waals surface area contributed by atoms with E-state index in [0.29, 0.717) is 6.54 Å². The summed E-state index contributed by atoms with van der Waals surface area (Å²) in [6.45, 7) is 1.88. The number of rotatable bonds is 5. The van der Waals surface area contributed by atoms with Crippen LogP contribution in [-0.4, -0.2) is 39.6 Å². The lowest BCUT2D eigenvalue weighted by Crippen LogP contribution is -2.43. The molecule has 0 aromatic heterocycles. The number of benzene rings is 2. The first-order valence-electron chi connectivity index (χ1n) is 8.17. The number of aryl methyl sites for hydroxylation is 1. The zero-order valence-electron chi connectivity index (χ0n) is 14.2. The molecule has 1 N–H and O–H groups in total. The highest BCUT2D eigenvalue weighted by Crippen LogP contribution is 2.28. The van der Waals surface area contributed by atoms with Crippen LogP contribution in [0.5, 0.6) is 0 Å². The first-order chi connectivity index (χ1) is 12.2. The number of hydrogen-bond acceptors (Lipinski definition) is 5. The van der Waals surface area contributed by atoms with Crippen molar-refractivity contribution < 1.29 is 21.2 Å². The minimum Gasteiger partial charge on any atom is -0.308 e. The van der Waals surface area contributed by atoms with Gasteiger partial charge in [-0.05, 0) is 36.2 Å². The Morgan fingerprint density at radius 3 is 2.46 bits per heavy atom. The molecule has 1 heterocycles. The van der Waals surface area contributed by atoms with Gasteiger partial charge in [0.2, 0.25) is 0 Å². The highest BCUT2D eigenvalue weighted by atomic mass is 32.2. The average molecular weight is 397 g/mol. The quantitative estimate of drug-likeness (QED) is 0.779. The summed E-state index contributed by atoms with van der Waals surface area (Å²) >= 11 is 0. The molecule has 8 heteroatoms. The normalized spacial score (nSPS) is 22.4. The van der Waals surface area contributed by atoms with E-state index < -0.39 is 42.5 Å². The van der Waals surface area contributed by atoms with E-state index in [4.69, 9.17) is 0 Å². The van der Waals surface area contributed by atoms with Crippen LogP contribution < -0.4 is 5.32 Å². The number of halogens is 1. The second-order valence-corrected chi connectivity index (χ2v) is 10.8. The molecule has 140 valence electrons. The molecule has 1 aliphatic rings.